The molecule has 2 amide bonds. The molecule has 0 saturated carbocycles. The number of hydrogen-bond acceptors (Lipinski definition) is 4. The van der Waals surface area contributed by atoms with Gasteiger partial charge in [0.15, 0.2) is 0 Å². The smallest absolute Gasteiger partial charge is 0.267 e. The predicted octanol–water partition coefficient (Wildman–Crippen LogP) is 2.46. The summed E-state index contributed by atoms with van der Waals surface area (Å²) in [5.41, 5.74) is 3.87. The molecule has 2 rings (SSSR count). The van der Waals surface area contributed by atoms with Crippen molar-refractivity contribution in [1.29, 1.82) is 0 Å². The molecule has 0 heterocycles. The number of nitro benzene ring substituents is 1. The Bertz CT molecular complexity index is 797. The fraction of sp³-hybridized carbons (Fsp3) is 0. The highest BCUT2D eigenvalue weighted by atomic mass is 35.5. The minimum absolute atomic E-state index is 0.0140. The summed E-state index contributed by atoms with van der Waals surface area (Å²) >= 11 is 5.79. The number of nitrogens with zero attached hydrogens (tertiary/aromatic N) is 1. The summed E-state index contributed by atoms with van der Waals surface area (Å²) < 4.78 is 13.0. The number of amides is 2. The fourth-order valence-corrected chi connectivity index (χ4v) is 1.95. The van der Waals surface area contributed by atoms with Crippen LogP contribution >= 0.6 is 11.6 Å². The quantitative estimate of drug-likeness (QED) is 0.663. The molecule has 0 aliphatic rings. The average molecular weight is 338 g/mol. The zero-order valence-corrected chi connectivity index (χ0v) is 12.1. The second-order valence-electron chi connectivity index (χ2n) is 4.34. The lowest BCUT2D eigenvalue weighted by molar-refractivity contribution is -0.384. The molecule has 0 spiro atoms. The van der Waals surface area contributed by atoms with E-state index in [1.165, 1.54) is 18.2 Å². The van der Waals surface area contributed by atoms with Crippen molar-refractivity contribution in [2.75, 3.05) is 0 Å². The lowest BCUT2D eigenvalue weighted by Gasteiger charge is -2.08. The normalized spacial score (nSPS) is 10.0. The number of nitro groups is 1. The number of non-ortho nitro benzene ring substituents is 1. The first-order chi connectivity index (χ1) is 10.9. The van der Waals surface area contributed by atoms with Gasteiger partial charge >= 0.3 is 0 Å². The van der Waals surface area contributed by atoms with E-state index < -0.39 is 22.6 Å². The van der Waals surface area contributed by atoms with Gasteiger partial charge in [-0.25, -0.2) is 4.39 Å². The van der Waals surface area contributed by atoms with Gasteiger partial charge < -0.3 is 0 Å². The van der Waals surface area contributed by atoms with Crippen LogP contribution in [0.4, 0.5) is 10.1 Å². The van der Waals surface area contributed by atoms with Gasteiger partial charge in [0.2, 0.25) is 0 Å². The lowest BCUT2D eigenvalue weighted by atomic mass is 10.2. The molecule has 23 heavy (non-hydrogen) atoms. The Morgan fingerprint density at radius 1 is 1.09 bits per heavy atom. The highest BCUT2D eigenvalue weighted by Gasteiger charge is 2.16. The molecular weight excluding hydrogens is 329 g/mol. The van der Waals surface area contributed by atoms with E-state index in [1.807, 2.05) is 0 Å². The van der Waals surface area contributed by atoms with Gasteiger partial charge in [0.25, 0.3) is 17.5 Å². The van der Waals surface area contributed by atoms with E-state index in [4.69, 9.17) is 11.6 Å². The van der Waals surface area contributed by atoms with Crippen molar-refractivity contribution in [3.63, 3.8) is 0 Å². The monoisotopic (exact) mass is 337 g/mol. The van der Waals surface area contributed by atoms with Crippen LogP contribution in [0.15, 0.2) is 42.5 Å². The van der Waals surface area contributed by atoms with Crippen molar-refractivity contribution < 1.29 is 18.9 Å². The largest absolute Gasteiger partial charge is 0.271 e. The number of hydrazine groups is 1. The third-order valence-corrected chi connectivity index (χ3v) is 3.10. The van der Waals surface area contributed by atoms with Crippen molar-refractivity contribution in [1.82, 2.24) is 10.9 Å². The molecule has 0 aromatic heterocycles. The van der Waals surface area contributed by atoms with Crippen LogP contribution in [0.1, 0.15) is 20.7 Å². The summed E-state index contributed by atoms with van der Waals surface area (Å²) in [6.07, 6.45) is 0. The summed E-state index contributed by atoms with van der Waals surface area (Å²) in [7, 11) is 0. The van der Waals surface area contributed by atoms with Gasteiger partial charge in [-0.3, -0.25) is 30.6 Å². The van der Waals surface area contributed by atoms with E-state index in [1.54, 1.807) is 0 Å². The summed E-state index contributed by atoms with van der Waals surface area (Å²) in [6.45, 7) is 0. The standard InChI is InChI=1S/C14H9ClFN3O4/c15-12-7-10(19(22)23)4-5-11(12)14(21)18-17-13(20)8-2-1-3-9(16)6-8/h1-7H,(H,17,20)(H,18,21). The molecule has 0 bridgehead atoms. The molecule has 0 aliphatic carbocycles. The van der Waals surface area contributed by atoms with Crippen LogP contribution in [0.5, 0.6) is 0 Å². The average Bonchev–Trinajstić information content (AvgIpc) is 2.52. The maximum Gasteiger partial charge on any atom is 0.271 e. The molecular formula is C14H9ClFN3O4. The predicted molar refractivity (Wildman–Crippen MR) is 79.4 cm³/mol. The minimum Gasteiger partial charge on any atom is -0.267 e. The van der Waals surface area contributed by atoms with Crippen LogP contribution < -0.4 is 10.9 Å². The van der Waals surface area contributed by atoms with Crippen LogP contribution in [0, 0.1) is 15.9 Å². The van der Waals surface area contributed by atoms with Gasteiger partial charge in [-0.2, -0.15) is 0 Å². The third-order valence-electron chi connectivity index (χ3n) is 2.78. The lowest BCUT2D eigenvalue weighted by Crippen LogP contribution is -2.41. The van der Waals surface area contributed by atoms with Crippen LogP contribution in [-0.4, -0.2) is 16.7 Å². The molecule has 2 aromatic rings. The van der Waals surface area contributed by atoms with Crippen molar-refractivity contribution in [2.24, 2.45) is 0 Å². The van der Waals surface area contributed by atoms with Gasteiger partial charge in [-0.15, -0.1) is 0 Å². The van der Waals surface area contributed by atoms with Crippen LogP contribution in [0.25, 0.3) is 0 Å². The summed E-state index contributed by atoms with van der Waals surface area (Å²) in [5.74, 6) is -2.09. The SMILES string of the molecule is O=C(NNC(=O)c1ccc([N+](=O)[O-])cc1Cl)c1cccc(F)c1. The molecule has 9 heteroatoms. The Morgan fingerprint density at radius 2 is 1.78 bits per heavy atom. The molecule has 0 radical (unpaired) electrons. The molecule has 2 aromatic carbocycles. The molecule has 0 unspecified atom stereocenters. The van der Waals surface area contributed by atoms with Gasteiger partial charge in [-0.05, 0) is 24.3 Å². The first-order valence-corrected chi connectivity index (χ1v) is 6.56. The van der Waals surface area contributed by atoms with E-state index in [2.05, 4.69) is 10.9 Å². The van der Waals surface area contributed by atoms with Crippen molar-refractivity contribution in [3.8, 4) is 0 Å². The molecule has 2 N–H and O–H groups in total. The number of rotatable bonds is 3. The highest BCUT2D eigenvalue weighted by molar-refractivity contribution is 6.34. The van der Waals surface area contributed by atoms with Gasteiger partial charge in [0.1, 0.15) is 5.82 Å². The van der Waals surface area contributed by atoms with Gasteiger partial charge in [0, 0.05) is 17.7 Å². The second kappa shape index (κ2) is 6.84. The molecule has 0 aliphatic heterocycles. The Labute approximate surface area is 134 Å². The highest BCUT2D eigenvalue weighted by Crippen LogP contribution is 2.22. The van der Waals surface area contributed by atoms with Crippen LogP contribution in [-0.2, 0) is 0 Å². The number of nitrogens with one attached hydrogen (secondary N) is 2. The fourth-order valence-electron chi connectivity index (χ4n) is 1.68. The van der Waals surface area contributed by atoms with Crippen molar-refractivity contribution >= 4 is 29.1 Å². The van der Waals surface area contributed by atoms with E-state index >= 15 is 0 Å². The third kappa shape index (κ3) is 4.01. The van der Waals surface area contributed by atoms with Crippen molar-refractivity contribution in [2.45, 2.75) is 0 Å². The minimum atomic E-state index is -0.769. The molecule has 0 saturated heterocycles. The Kier molecular flexibility index (Phi) is 4.87. The number of carbonyl (C=O) groups excluding carboxylic acids is 2. The Balaban J connectivity index is 2.05. The van der Waals surface area contributed by atoms with E-state index in [-0.39, 0.29) is 21.8 Å². The molecule has 118 valence electrons. The molecule has 7 nitrogen and oxygen atoms in total. The number of carbonyl (C=O) groups is 2. The summed E-state index contributed by atoms with van der Waals surface area (Å²) in [5, 5.41) is 10.5. The summed E-state index contributed by atoms with van der Waals surface area (Å²) in [6, 6.07) is 8.17. The van der Waals surface area contributed by atoms with Crippen LogP contribution in [0.3, 0.4) is 0 Å². The van der Waals surface area contributed by atoms with Gasteiger partial charge in [0.05, 0.1) is 15.5 Å². The maximum absolute atomic E-state index is 13.0. The molecule has 0 atom stereocenters. The number of benzene rings is 2. The maximum atomic E-state index is 13.0. The van der Waals surface area contributed by atoms with E-state index in [0.717, 1.165) is 24.3 Å². The van der Waals surface area contributed by atoms with Crippen molar-refractivity contribution in [3.05, 3.63) is 74.5 Å². The zero-order valence-electron chi connectivity index (χ0n) is 11.4. The molecule has 0 fully saturated rings. The van der Waals surface area contributed by atoms with Gasteiger partial charge in [-0.1, -0.05) is 17.7 Å². The topological polar surface area (TPSA) is 101 Å². The van der Waals surface area contributed by atoms with Crippen LogP contribution in [0.2, 0.25) is 5.02 Å². The first-order valence-electron chi connectivity index (χ1n) is 6.18. The summed E-state index contributed by atoms with van der Waals surface area (Å²) in [4.78, 5) is 33.6. The Hall–Kier alpha value is -3.00. The zero-order chi connectivity index (χ0) is 17.0. The second-order valence-corrected chi connectivity index (χ2v) is 4.75. The number of hydrogen-bond donors (Lipinski definition) is 2. The number of halogens is 2. The first kappa shape index (κ1) is 16.4. The van der Waals surface area contributed by atoms with E-state index in [0.29, 0.717) is 0 Å². The Morgan fingerprint density at radius 3 is 2.39 bits per heavy atom. The van der Waals surface area contributed by atoms with E-state index in [9.17, 15) is 24.1 Å².